The van der Waals surface area contributed by atoms with Crippen molar-refractivity contribution in [3.8, 4) is 0 Å². The topological polar surface area (TPSA) is 132 Å². The number of hydrogen-bond donors (Lipinski definition) is 1. The largest absolute Gasteiger partial charge is 0.317 e. The van der Waals surface area contributed by atoms with Gasteiger partial charge in [-0.05, 0) is 40.8 Å². The van der Waals surface area contributed by atoms with E-state index < -0.39 is 28.7 Å². The molecule has 5 rings (SSSR count). The van der Waals surface area contributed by atoms with Crippen molar-refractivity contribution in [2.75, 3.05) is 11.9 Å². The summed E-state index contributed by atoms with van der Waals surface area (Å²) >= 11 is 1.36. The van der Waals surface area contributed by atoms with E-state index in [1.165, 1.54) is 11.3 Å². The summed E-state index contributed by atoms with van der Waals surface area (Å²) in [5, 5.41) is 14.0. The monoisotopic (exact) mass is 502 g/mol. The SMILES string of the molecule is O=C(Nc1cc2ccncc2s1)C(CN1C(=O)c2ccccc2C1=O)c1ccc(CO[N+](=O)[O-])cc1. The van der Waals surface area contributed by atoms with Gasteiger partial charge in [0.15, 0.2) is 0 Å². The van der Waals surface area contributed by atoms with Gasteiger partial charge in [0.2, 0.25) is 5.91 Å². The van der Waals surface area contributed by atoms with Gasteiger partial charge in [-0.15, -0.1) is 21.5 Å². The van der Waals surface area contributed by atoms with Crippen LogP contribution in [0.5, 0.6) is 0 Å². The second kappa shape index (κ2) is 9.55. The minimum atomic E-state index is -0.888. The summed E-state index contributed by atoms with van der Waals surface area (Å²) in [5.41, 5.74) is 1.67. The molecule has 1 atom stereocenters. The van der Waals surface area contributed by atoms with Crippen LogP contribution < -0.4 is 5.32 Å². The summed E-state index contributed by atoms with van der Waals surface area (Å²) in [6.45, 7) is -0.409. The number of carbonyl (C=O) groups is 3. The first-order valence-corrected chi connectivity index (χ1v) is 11.7. The molecule has 2 aromatic carbocycles. The molecule has 1 aliphatic rings. The van der Waals surface area contributed by atoms with E-state index in [0.717, 1.165) is 15.0 Å². The van der Waals surface area contributed by atoms with Gasteiger partial charge in [0.05, 0.1) is 26.7 Å². The molecule has 3 heterocycles. The number of amides is 3. The maximum absolute atomic E-state index is 13.5. The Balaban J connectivity index is 1.43. The number of fused-ring (bicyclic) bond motifs is 2. The quantitative estimate of drug-likeness (QED) is 0.219. The minimum absolute atomic E-state index is 0.171. The Morgan fingerprint density at radius 2 is 1.78 bits per heavy atom. The zero-order valence-electron chi connectivity index (χ0n) is 18.6. The molecule has 1 aliphatic heterocycles. The normalized spacial score (nSPS) is 13.5. The van der Waals surface area contributed by atoms with E-state index in [9.17, 15) is 24.5 Å². The van der Waals surface area contributed by atoms with Crippen LogP contribution >= 0.6 is 11.3 Å². The van der Waals surface area contributed by atoms with E-state index in [1.54, 1.807) is 60.9 Å². The van der Waals surface area contributed by atoms with Gasteiger partial charge >= 0.3 is 0 Å². The van der Waals surface area contributed by atoms with Crippen molar-refractivity contribution in [1.82, 2.24) is 9.88 Å². The first-order valence-electron chi connectivity index (χ1n) is 10.9. The third kappa shape index (κ3) is 4.51. The van der Waals surface area contributed by atoms with Crippen LogP contribution in [-0.2, 0) is 16.2 Å². The predicted molar refractivity (Wildman–Crippen MR) is 131 cm³/mol. The van der Waals surface area contributed by atoms with Crippen LogP contribution in [0.25, 0.3) is 10.1 Å². The highest BCUT2D eigenvalue weighted by atomic mass is 32.1. The van der Waals surface area contributed by atoms with Crippen LogP contribution in [-0.4, -0.2) is 39.2 Å². The predicted octanol–water partition coefficient (Wildman–Crippen LogP) is 4.02. The lowest BCUT2D eigenvalue weighted by molar-refractivity contribution is -0.763. The molecule has 1 N–H and O–H groups in total. The van der Waals surface area contributed by atoms with E-state index in [2.05, 4.69) is 15.1 Å². The molecule has 10 nitrogen and oxygen atoms in total. The molecule has 180 valence electrons. The van der Waals surface area contributed by atoms with Gasteiger partial charge in [0, 0.05) is 18.9 Å². The first-order chi connectivity index (χ1) is 17.4. The van der Waals surface area contributed by atoms with E-state index in [-0.39, 0.29) is 13.2 Å². The molecule has 2 aromatic heterocycles. The van der Waals surface area contributed by atoms with Crippen molar-refractivity contribution in [2.45, 2.75) is 12.5 Å². The maximum atomic E-state index is 13.5. The number of aromatic nitrogens is 1. The number of carbonyl (C=O) groups excluding carboxylic acids is 3. The highest BCUT2D eigenvalue weighted by Gasteiger charge is 2.38. The molecule has 3 amide bonds. The molecular formula is C25H18N4O6S. The van der Waals surface area contributed by atoms with Gasteiger partial charge in [0.1, 0.15) is 6.61 Å². The molecule has 0 radical (unpaired) electrons. The van der Waals surface area contributed by atoms with Gasteiger partial charge in [0.25, 0.3) is 16.9 Å². The van der Waals surface area contributed by atoms with Gasteiger partial charge in [-0.1, -0.05) is 36.4 Å². The summed E-state index contributed by atoms with van der Waals surface area (Å²) in [7, 11) is 0. The van der Waals surface area contributed by atoms with Crippen molar-refractivity contribution >= 4 is 44.1 Å². The van der Waals surface area contributed by atoms with Crippen molar-refractivity contribution in [3.63, 3.8) is 0 Å². The molecule has 1 unspecified atom stereocenters. The molecule has 4 aromatic rings. The highest BCUT2D eigenvalue weighted by molar-refractivity contribution is 7.22. The number of hydrogen-bond acceptors (Lipinski definition) is 8. The molecule has 0 saturated carbocycles. The van der Waals surface area contributed by atoms with Crippen LogP contribution in [0.4, 0.5) is 5.00 Å². The van der Waals surface area contributed by atoms with Gasteiger partial charge in [-0.25, -0.2) is 0 Å². The number of rotatable bonds is 8. The smallest absolute Gasteiger partial charge is 0.294 e. The number of pyridine rings is 1. The zero-order chi connectivity index (χ0) is 25.2. The fourth-order valence-corrected chi connectivity index (χ4v) is 4.99. The standard InChI is InChI=1S/C25H18N4O6S/c30-23(27-22-11-17-9-10-26-12-21(17)36-22)20(16-7-5-15(6-8-16)14-35-29(33)34)13-28-24(31)18-3-1-2-4-19(18)25(28)32/h1-12,20H,13-14H2,(H,27,30). The second-order valence-electron chi connectivity index (χ2n) is 8.07. The summed E-state index contributed by atoms with van der Waals surface area (Å²) in [6.07, 6.45) is 3.37. The summed E-state index contributed by atoms with van der Waals surface area (Å²) < 4.78 is 0.903. The number of anilines is 1. The van der Waals surface area contributed by atoms with Crippen molar-refractivity contribution < 1.29 is 24.3 Å². The minimum Gasteiger partial charge on any atom is -0.317 e. The van der Waals surface area contributed by atoms with Crippen LogP contribution in [0.15, 0.2) is 73.1 Å². The Morgan fingerprint density at radius 1 is 1.08 bits per heavy atom. The maximum Gasteiger partial charge on any atom is 0.294 e. The van der Waals surface area contributed by atoms with E-state index in [1.807, 2.05) is 12.1 Å². The Morgan fingerprint density at radius 3 is 2.42 bits per heavy atom. The van der Waals surface area contributed by atoms with Crippen molar-refractivity contribution in [2.24, 2.45) is 0 Å². The Hall–Kier alpha value is -4.64. The molecule has 0 saturated heterocycles. The number of thiophene rings is 1. The summed E-state index contributed by atoms with van der Waals surface area (Å²) in [4.78, 5) is 59.5. The average molecular weight is 503 g/mol. The zero-order valence-corrected chi connectivity index (χ0v) is 19.4. The Labute approximate surface area is 208 Å². The fraction of sp³-hybridized carbons (Fsp3) is 0.120. The molecule has 0 aliphatic carbocycles. The molecular weight excluding hydrogens is 484 g/mol. The molecule has 11 heteroatoms. The van der Waals surface area contributed by atoms with Crippen LogP contribution in [0.3, 0.4) is 0 Å². The number of nitrogens with one attached hydrogen (secondary N) is 1. The molecule has 0 spiro atoms. The van der Waals surface area contributed by atoms with Crippen LogP contribution in [0.2, 0.25) is 0 Å². The van der Waals surface area contributed by atoms with E-state index >= 15 is 0 Å². The third-order valence-corrected chi connectivity index (χ3v) is 6.85. The van der Waals surface area contributed by atoms with Gasteiger partial charge in [-0.3, -0.25) is 24.3 Å². The summed E-state index contributed by atoms with van der Waals surface area (Å²) in [6, 6.07) is 16.7. The van der Waals surface area contributed by atoms with Crippen LogP contribution in [0.1, 0.15) is 37.8 Å². The fourth-order valence-electron chi connectivity index (χ4n) is 4.06. The average Bonchev–Trinajstić information content (AvgIpc) is 3.39. The van der Waals surface area contributed by atoms with Gasteiger partial charge < -0.3 is 10.2 Å². The molecule has 0 fully saturated rings. The lowest BCUT2D eigenvalue weighted by Crippen LogP contribution is -2.38. The first kappa shape index (κ1) is 23.1. The number of imide groups is 1. The lowest BCUT2D eigenvalue weighted by atomic mass is 9.96. The number of nitrogens with zero attached hydrogens (tertiary/aromatic N) is 3. The molecule has 0 bridgehead atoms. The number of benzene rings is 2. The lowest BCUT2D eigenvalue weighted by Gasteiger charge is -2.22. The van der Waals surface area contributed by atoms with Crippen molar-refractivity contribution in [1.29, 1.82) is 0 Å². The van der Waals surface area contributed by atoms with Crippen LogP contribution in [0, 0.1) is 10.1 Å². The molecule has 36 heavy (non-hydrogen) atoms. The third-order valence-electron chi connectivity index (χ3n) is 5.85. The van der Waals surface area contributed by atoms with Crippen molar-refractivity contribution in [3.05, 3.63) is 105 Å². The highest BCUT2D eigenvalue weighted by Crippen LogP contribution is 2.31. The van der Waals surface area contributed by atoms with E-state index in [4.69, 9.17) is 0 Å². The Kier molecular flexibility index (Phi) is 6.13. The van der Waals surface area contributed by atoms with Gasteiger partial charge in [-0.2, -0.15) is 0 Å². The second-order valence-corrected chi connectivity index (χ2v) is 9.15. The van der Waals surface area contributed by atoms with E-state index in [0.29, 0.717) is 27.3 Å². The summed E-state index contributed by atoms with van der Waals surface area (Å²) in [5.74, 6) is -2.21. The Bertz CT molecular complexity index is 1430.